The highest BCUT2D eigenvalue weighted by Gasteiger charge is 2.14. The van der Waals surface area contributed by atoms with Crippen LogP contribution in [0.15, 0.2) is 18.2 Å². The number of nitriles is 1. The van der Waals surface area contributed by atoms with E-state index in [2.05, 4.69) is 20.1 Å². The SMILES string of the molecule is CNc1nsnc1-c1cc(C#N)ccc1OC. The van der Waals surface area contributed by atoms with Crippen molar-refractivity contribution in [2.45, 2.75) is 0 Å². The molecule has 5 nitrogen and oxygen atoms in total. The molecule has 0 saturated carbocycles. The molecule has 0 saturated heterocycles. The highest BCUT2D eigenvalue weighted by atomic mass is 32.1. The van der Waals surface area contributed by atoms with E-state index in [-0.39, 0.29) is 0 Å². The van der Waals surface area contributed by atoms with Crippen molar-refractivity contribution in [3.63, 3.8) is 0 Å². The normalized spacial score (nSPS) is 9.71. The van der Waals surface area contributed by atoms with Crippen molar-refractivity contribution in [2.24, 2.45) is 0 Å². The Morgan fingerprint density at radius 2 is 2.24 bits per heavy atom. The average Bonchev–Trinajstić information content (AvgIpc) is 2.86. The molecule has 0 spiro atoms. The maximum absolute atomic E-state index is 8.91. The van der Waals surface area contributed by atoms with Crippen LogP contribution in [-0.2, 0) is 0 Å². The van der Waals surface area contributed by atoms with Gasteiger partial charge in [-0.25, -0.2) is 0 Å². The lowest BCUT2D eigenvalue weighted by atomic mass is 10.1. The number of anilines is 1. The predicted molar refractivity (Wildman–Crippen MR) is 66.2 cm³/mol. The third-order valence-corrected chi connectivity index (χ3v) is 2.84. The Morgan fingerprint density at radius 3 is 2.88 bits per heavy atom. The highest BCUT2D eigenvalue weighted by molar-refractivity contribution is 6.99. The van der Waals surface area contributed by atoms with Crippen molar-refractivity contribution >= 4 is 17.5 Å². The molecule has 0 aliphatic heterocycles. The first kappa shape index (κ1) is 11.4. The zero-order valence-electron chi connectivity index (χ0n) is 9.39. The van der Waals surface area contributed by atoms with E-state index >= 15 is 0 Å². The van der Waals surface area contributed by atoms with Gasteiger partial charge in [0.1, 0.15) is 11.4 Å². The fourth-order valence-electron chi connectivity index (χ4n) is 1.49. The van der Waals surface area contributed by atoms with E-state index in [9.17, 15) is 0 Å². The summed E-state index contributed by atoms with van der Waals surface area (Å²) in [5, 5.41) is 11.9. The molecule has 0 amide bonds. The first-order chi connectivity index (χ1) is 8.30. The van der Waals surface area contributed by atoms with Gasteiger partial charge in [-0.2, -0.15) is 14.0 Å². The van der Waals surface area contributed by atoms with Crippen LogP contribution in [0, 0.1) is 11.3 Å². The molecule has 1 aromatic carbocycles. The Morgan fingerprint density at radius 1 is 1.41 bits per heavy atom. The van der Waals surface area contributed by atoms with E-state index in [1.165, 1.54) is 0 Å². The Balaban J connectivity index is 2.61. The number of aromatic nitrogens is 2. The van der Waals surface area contributed by atoms with Crippen LogP contribution in [0.1, 0.15) is 5.56 Å². The number of nitrogens with one attached hydrogen (secondary N) is 1. The van der Waals surface area contributed by atoms with Gasteiger partial charge in [0.25, 0.3) is 0 Å². The molecule has 17 heavy (non-hydrogen) atoms. The topological polar surface area (TPSA) is 70.8 Å². The monoisotopic (exact) mass is 246 g/mol. The van der Waals surface area contributed by atoms with Crippen LogP contribution < -0.4 is 10.1 Å². The van der Waals surface area contributed by atoms with E-state index in [4.69, 9.17) is 10.00 Å². The van der Waals surface area contributed by atoms with Crippen molar-refractivity contribution in [3.8, 4) is 23.1 Å². The van der Waals surface area contributed by atoms with Gasteiger partial charge in [-0.05, 0) is 18.2 Å². The molecule has 0 aliphatic carbocycles. The largest absolute Gasteiger partial charge is 0.496 e. The summed E-state index contributed by atoms with van der Waals surface area (Å²) in [5.74, 6) is 1.36. The van der Waals surface area contributed by atoms with E-state index in [1.54, 1.807) is 32.4 Å². The summed E-state index contributed by atoms with van der Waals surface area (Å²) in [4.78, 5) is 0. The molecule has 1 aromatic heterocycles. The number of methoxy groups -OCH3 is 1. The van der Waals surface area contributed by atoms with Crippen molar-refractivity contribution in [1.29, 1.82) is 5.26 Å². The quantitative estimate of drug-likeness (QED) is 0.898. The Bertz CT molecular complexity index is 573. The fourth-order valence-corrected chi connectivity index (χ4v) is 2.06. The summed E-state index contributed by atoms with van der Waals surface area (Å²) >= 11 is 1.12. The van der Waals surface area contributed by atoms with Gasteiger partial charge in [0.2, 0.25) is 0 Å². The molecule has 1 heterocycles. The van der Waals surface area contributed by atoms with Crippen LogP contribution >= 0.6 is 11.7 Å². The van der Waals surface area contributed by atoms with Gasteiger partial charge in [-0.1, -0.05) is 0 Å². The van der Waals surface area contributed by atoms with Crippen LogP contribution in [0.3, 0.4) is 0 Å². The average molecular weight is 246 g/mol. The Kier molecular flexibility index (Phi) is 3.21. The number of rotatable bonds is 3. The molecule has 0 atom stereocenters. The van der Waals surface area contributed by atoms with E-state index < -0.39 is 0 Å². The number of nitrogens with zero attached hydrogens (tertiary/aromatic N) is 3. The summed E-state index contributed by atoms with van der Waals surface area (Å²) < 4.78 is 13.6. The number of hydrogen-bond acceptors (Lipinski definition) is 6. The smallest absolute Gasteiger partial charge is 0.168 e. The van der Waals surface area contributed by atoms with Crippen LogP contribution in [0.2, 0.25) is 0 Å². The zero-order valence-corrected chi connectivity index (χ0v) is 10.2. The molecule has 0 radical (unpaired) electrons. The van der Waals surface area contributed by atoms with Gasteiger partial charge < -0.3 is 10.1 Å². The summed E-state index contributed by atoms with van der Waals surface area (Å²) in [6.45, 7) is 0. The van der Waals surface area contributed by atoms with Crippen LogP contribution in [0.25, 0.3) is 11.3 Å². The fraction of sp³-hybridized carbons (Fsp3) is 0.182. The molecule has 86 valence electrons. The van der Waals surface area contributed by atoms with Gasteiger partial charge in [-0.3, -0.25) is 0 Å². The molecule has 2 rings (SSSR count). The Hall–Kier alpha value is -2.13. The predicted octanol–water partition coefficient (Wildman–Crippen LogP) is 2.13. The minimum Gasteiger partial charge on any atom is -0.496 e. The maximum Gasteiger partial charge on any atom is 0.168 e. The minimum absolute atomic E-state index is 0.566. The number of ether oxygens (including phenoxy) is 1. The van der Waals surface area contributed by atoms with Crippen molar-refractivity contribution in [3.05, 3.63) is 23.8 Å². The molecule has 1 N–H and O–H groups in total. The molecular formula is C11H10N4OS. The summed E-state index contributed by atoms with van der Waals surface area (Å²) in [5.41, 5.74) is 2.03. The summed E-state index contributed by atoms with van der Waals surface area (Å²) in [6.07, 6.45) is 0. The van der Waals surface area contributed by atoms with E-state index in [1.807, 2.05) is 0 Å². The molecule has 2 aromatic rings. The van der Waals surface area contributed by atoms with Crippen LogP contribution in [-0.4, -0.2) is 22.9 Å². The minimum atomic E-state index is 0.566. The van der Waals surface area contributed by atoms with Crippen LogP contribution in [0.4, 0.5) is 5.82 Å². The van der Waals surface area contributed by atoms with Crippen molar-refractivity contribution in [2.75, 3.05) is 19.5 Å². The summed E-state index contributed by atoms with van der Waals surface area (Å²) in [6, 6.07) is 7.31. The van der Waals surface area contributed by atoms with Crippen molar-refractivity contribution in [1.82, 2.24) is 8.75 Å². The molecule has 0 fully saturated rings. The summed E-state index contributed by atoms with van der Waals surface area (Å²) in [7, 11) is 3.37. The van der Waals surface area contributed by atoms with Crippen molar-refractivity contribution < 1.29 is 4.74 Å². The van der Waals surface area contributed by atoms with E-state index in [0.29, 0.717) is 22.8 Å². The lowest BCUT2D eigenvalue weighted by Crippen LogP contribution is -1.94. The zero-order chi connectivity index (χ0) is 12.3. The van der Waals surface area contributed by atoms with Gasteiger partial charge in [-0.15, -0.1) is 0 Å². The molecular weight excluding hydrogens is 236 g/mol. The van der Waals surface area contributed by atoms with E-state index in [0.717, 1.165) is 17.3 Å². The van der Waals surface area contributed by atoms with Gasteiger partial charge in [0, 0.05) is 12.6 Å². The molecule has 0 aliphatic rings. The van der Waals surface area contributed by atoms with Gasteiger partial charge in [0.05, 0.1) is 30.5 Å². The number of benzene rings is 1. The standard InChI is InChI=1S/C11H10N4OS/c1-13-11-10(14-17-15-11)8-5-7(6-12)3-4-9(8)16-2/h3-5H,1-2H3,(H,13,15). The van der Waals surface area contributed by atoms with Gasteiger partial charge >= 0.3 is 0 Å². The second kappa shape index (κ2) is 4.80. The van der Waals surface area contributed by atoms with Crippen LogP contribution in [0.5, 0.6) is 5.75 Å². The van der Waals surface area contributed by atoms with Gasteiger partial charge in [0.15, 0.2) is 5.82 Å². The lowest BCUT2D eigenvalue weighted by Gasteiger charge is -2.07. The third-order valence-electron chi connectivity index (χ3n) is 2.31. The second-order valence-corrected chi connectivity index (χ2v) is 3.77. The lowest BCUT2D eigenvalue weighted by molar-refractivity contribution is 0.416. The maximum atomic E-state index is 8.91. The number of hydrogen-bond donors (Lipinski definition) is 1. The first-order valence-electron chi connectivity index (χ1n) is 4.89. The Labute approximate surface area is 103 Å². The first-order valence-corrected chi connectivity index (χ1v) is 5.62. The third kappa shape index (κ3) is 2.05. The molecule has 6 heteroatoms. The second-order valence-electron chi connectivity index (χ2n) is 3.24. The molecule has 0 bridgehead atoms. The highest BCUT2D eigenvalue weighted by Crippen LogP contribution is 2.34. The molecule has 0 unspecified atom stereocenters.